The number of urea groups is 1. The van der Waals surface area contributed by atoms with Crippen LogP contribution in [0, 0.1) is 11.6 Å². The average molecular weight is 331 g/mol. The highest BCUT2D eigenvalue weighted by atomic mass is 19.1. The molecule has 0 aliphatic carbocycles. The van der Waals surface area contributed by atoms with Crippen molar-refractivity contribution in [3.05, 3.63) is 59.7 Å². The van der Waals surface area contributed by atoms with Gasteiger partial charge >= 0.3 is 6.03 Å². The summed E-state index contributed by atoms with van der Waals surface area (Å²) in [5.74, 6) is -1.16. The summed E-state index contributed by atoms with van der Waals surface area (Å²) >= 11 is 0. The van der Waals surface area contributed by atoms with Crippen LogP contribution in [0.25, 0.3) is 0 Å². The smallest absolute Gasteiger partial charge is 0.321 e. The molecule has 2 aromatic rings. The van der Waals surface area contributed by atoms with Crippen molar-refractivity contribution in [1.82, 2.24) is 5.32 Å². The van der Waals surface area contributed by atoms with Gasteiger partial charge in [-0.25, -0.2) is 13.6 Å². The summed E-state index contributed by atoms with van der Waals surface area (Å²) in [6, 6.07) is 10.6. The molecular formula is C18H19F2N3O. The zero-order valence-electron chi connectivity index (χ0n) is 13.4. The van der Waals surface area contributed by atoms with Gasteiger partial charge in [-0.1, -0.05) is 19.1 Å². The summed E-state index contributed by atoms with van der Waals surface area (Å²) in [4.78, 5) is 13.4. The Balaban J connectivity index is 1.82. The largest absolute Gasteiger partial charge is 0.378 e. The number of benzene rings is 2. The highest BCUT2D eigenvalue weighted by Crippen LogP contribution is 2.28. The van der Waals surface area contributed by atoms with Gasteiger partial charge in [0.25, 0.3) is 0 Å². The first-order valence-corrected chi connectivity index (χ1v) is 7.95. The highest BCUT2D eigenvalue weighted by Gasteiger charge is 2.21. The lowest BCUT2D eigenvalue weighted by Crippen LogP contribution is -2.27. The number of halogens is 2. The quantitative estimate of drug-likeness (QED) is 0.868. The van der Waals surface area contributed by atoms with Gasteiger partial charge < -0.3 is 10.6 Å². The Labute approximate surface area is 139 Å². The fourth-order valence-electron chi connectivity index (χ4n) is 2.87. The third kappa shape index (κ3) is 3.32. The Morgan fingerprint density at radius 2 is 2.08 bits per heavy atom. The molecule has 126 valence electrons. The number of anilines is 2. The SMILES string of the molecule is CC[C@H](Nc1cccc(N2CCNC2=O)c1)c1ccc(F)cc1F. The van der Waals surface area contributed by atoms with E-state index < -0.39 is 11.6 Å². The van der Waals surface area contributed by atoms with E-state index in [1.165, 1.54) is 12.1 Å². The van der Waals surface area contributed by atoms with Gasteiger partial charge in [0.15, 0.2) is 0 Å². The lowest BCUT2D eigenvalue weighted by Gasteiger charge is -2.21. The molecule has 2 N–H and O–H groups in total. The number of carbonyl (C=O) groups excluding carboxylic acids is 1. The van der Waals surface area contributed by atoms with E-state index in [0.29, 0.717) is 25.1 Å². The summed E-state index contributed by atoms with van der Waals surface area (Å²) in [5.41, 5.74) is 1.98. The minimum absolute atomic E-state index is 0.122. The standard InChI is InChI=1S/C18H19F2N3O/c1-2-17(15-7-6-12(19)10-16(15)20)22-13-4-3-5-14(11-13)23-9-8-21-18(23)24/h3-7,10-11,17,22H,2,8-9H2,1H3,(H,21,24)/t17-/m0/s1. The molecule has 4 nitrogen and oxygen atoms in total. The van der Waals surface area contributed by atoms with Crippen molar-refractivity contribution in [2.45, 2.75) is 19.4 Å². The summed E-state index contributed by atoms with van der Waals surface area (Å²) in [6.45, 7) is 3.17. The summed E-state index contributed by atoms with van der Waals surface area (Å²) in [6.07, 6.45) is 0.636. The van der Waals surface area contributed by atoms with E-state index in [9.17, 15) is 13.6 Å². The molecule has 0 bridgehead atoms. The van der Waals surface area contributed by atoms with Crippen molar-refractivity contribution in [2.75, 3.05) is 23.3 Å². The zero-order chi connectivity index (χ0) is 17.1. The molecule has 1 heterocycles. The highest BCUT2D eigenvalue weighted by molar-refractivity contribution is 5.94. The van der Waals surface area contributed by atoms with Crippen LogP contribution in [0.2, 0.25) is 0 Å². The maximum atomic E-state index is 14.0. The second-order valence-corrected chi connectivity index (χ2v) is 5.70. The number of hydrogen-bond acceptors (Lipinski definition) is 2. The molecule has 3 rings (SSSR count). The van der Waals surface area contributed by atoms with Crippen LogP contribution >= 0.6 is 0 Å². The Morgan fingerprint density at radius 3 is 2.75 bits per heavy atom. The van der Waals surface area contributed by atoms with Crippen LogP contribution in [0.5, 0.6) is 0 Å². The molecule has 1 fully saturated rings. The van der Waals surface area contributed by atoms with Crippen LogP contribution in [0.4, 0.5) is 25.0 Å². The molecule has 0 spiro atoms. The number of carbonyl (C=O) groups is 1. The summed E-state index contributed by atoms with van der Waals surface area (Å²) in [7, 11) is 0. The van der Waals surface area contributed by atoms with Crippen LogP contribution in [-0.2, 0) is 0 Å². The second kappa shape index (κ2) is 6.86. The minimum atomic E-state index is -0.590. The normalized spacial score (nSPS) is 15.3. The fourth-order valence-corrected chi connectivity index (χ4v) is 2.87. The summed E-state index contributed by atoms with van der Waals surface area (Å²) < 4.78 is 27.1. The molecule has 1 aliphatic rings. The predicted molar refractivity (Wildman–Crippen MR) is 90.2 cm³/mol. The van der Waals surface area contributed by atoms with E-state index in [1.807, 2.05) is 31.2 Å². The fraction of sp³-hybridized carbons (Fsp3) is 0.278. The maximum absolute atomic E-state index is 14.0. The monoisotopic (exact) mass is 331 g/mol. The van der Waals surface area contributed by atoms with Gasteiger partial charge in [0.05, 0.1) is 6.04 Å². The van der Waals surface area contributed by atoms with Crippen molar-refractivity contribution in [3.8, 4) is 0 Å². The molecule has 2 amide bonds. The Kier molecular flexibility index (Phi) is 4.64. The summed E-state index contributed by atoms with van der Waals surface area (Å²) in [5, 5.41) is 6.02. The van der Waals surface area contributed by atoms with Crippen molar-refractivity contribution >= 4 is 17.4 Å². The minimum Gasteiger partial charge on any atom is -0.378 e. The van der Waals surface area contributed by atoms with E-state index in [1.54, 1.807) is 4.90 Å². The number of rotatable bonds is 5. The van der Waals surface area contributed by atoms with Crippen LogP contribution in [0.15, 0.2) is 42.5 Å². The molecule has 0 aromatic heterocycles. The molecule has 2 aromatic carbocycles. The van der Waals surface area contributed by atoms with Gasteiger partial charge in [-0.2, -0.15) is 0 Å². The van der Waals surface area contributed by atoms with Gasteiger partial charge in [-0.15, -0.1) is 0 Å². The number of amides is 2. The van der Waals surface area contributed by atoms with Crippen LogP contribution in [0.3, 0.4) is 0 Å². The van der Waals surface area contributed by atoms with Gasteiger partial charge in [-0.05, 0) is 30.7 Å². The topological polar surface area (TPSA) is 44.4 Å². The average Bonchev–Trinajstić information content (AvgIpc) is 2.99. The molecule has 6 heteroatoms. The third-order valence-electron chi connectivity index (χ3n) is 4.10. The van der Waals surface area contributed by atoms with Gasteiger partial charge in [0.2, 0.25) is 0 Å². The lowest BCUT2D eigenvalue weighted by atomic mass is 10.0. The predicted octanol–water partition coefficient (Wildman–Crippen LogP) is 4.06. The van der Waals surface area contributed by atoms with Gasteiger partial charge in [0.1, 0.15) is 11.6 Å². The van der Waals surface area contributed by atoms with Crippen molar-refractivity contribution in [1.29, 1.82) is 0 Å². The molecule has 0 radical (unpaired) electrons. The zero-order valence-corrected chi connectivity index (χ0v) is 13.4. The van der Waals surface area contributed by atoms with E-state index in [-0.39, 0.29) is 12.1 Å². The molecule has 1 saturated heterocycles. The first kappa shape index (κ1) is 16.2. The second-order valence-electron chi connectivity index (χ2n) is 5.70. The molecule has 0 unspecified atom stereocenters. The van der Waals surface area contributed by atoms with Crippen molar-refractivity contribution < 1.29 is 13.6 Å². The molecule has 24 heavy (non-hydrogen) atoms. The number of hydrogen-bond donors (Lipinski definition) is 2. The van der Waals surface area contributed by atoms with Crippen molar-refractivity contribution in [2.24, 2.45) is 0 Å². The first-order valence-electron chi connectivity index (χ1n) is 7.95. The van der Waals surface area contributed by atoms with Gasteiger partial charge in [-0.3, -0.25) is 4.90 Å². The van der Waals surface area contributed by atoms with E-state index in [0.717, 1.165) is 17.4 Å². The van der Waals surface area contributed by atoms with Gasteiger partial charge in [0, 0.05) is 36.1 Å². The molecular weight excluding hydrogens is 312 g/mol. The Morgan fingerprint density at radius 1 is 1.25 bits per heavy atom. The maximum Gasteiger partial charge on any atom is 0.321 e. The van der Waals surface area contributed by atoms with Crippen LogP contribution in [0.1, 0.15) is 24.9 Å². The Hall–Kier alpha value is -2.63. The first-order chi connectivity index (χ1) is 11.6. The van der Waals surface area contributed by atoms with E-state index in [4.69, 9.17) is 0 Å². The lowest BCUT2D eigenvalue weighted by molar-refractivity contribution is 0.252. The van der Waals surface area contributed by atoms with Crippen LogP contribution < -0.4 is 15.5 Å². The van der Waals surface area contributed by atoms with Crippen LogP contribution in [-0.4, -0.2) is 19.1 Å². The Bertz CT molecular complexity index is 751. The molecule has 1 aliphatic heterocycles. The molecule has 1 atom stereocenters. The van der Waals surface area contributed by atoms with E-state index in [2.05, 4.69) is 10.6 Å². The molecule has 0 saturated carbocycles. The third-order valence-corrected chi connectivity index (χ3v) is 4.10. The van der Waals surface area contributed by atoms with E-state index >= 15 is 0 Å². The van der Waals surface area contributed by atoms with Crippen molar-refractivity contribution in [3.63, 3.8) is 0 Å². The number of nitrogens with zero attached hydrogens (tertiary/aromatic N) is 1. The number of nitrogens with one attached hydrogen (secondary N) is 2.